The number of nitrogens with zero attached hydrogens (tertiary/aromatic N) is 2. The number of amides is 1. The Kier molecular flexibility index (Phi) is 5.08. The number of pyridine rings is 1. The molecule has 0 aromatic carbocycles. The lowest BCUT2D eigenvalue weighted by atomic mass is 10.1. The van der Waals surface area contributed by atoms with Crippen molar-refractivity contribution in [3.63, 3.8) is 0 Å². The lowest BCUT2D eigenvalue weighted by Crippen LogP contribution is -2.37. The lowest BCUT2D eigenvalue weighted by molar-refractivity contribution is -0.141. The van der Waals surface area contributed by atoms with Crippen LogP contribution in [-0.4, -0.2) is 28.9 Å². The summed E-state index contributed by atoms with van der Waals surface area (Å²) in [5.74, 6) is -0.245. The van der Waals surface area contributed by atoms with Gasteiger partial charge in [0.1, 0.15) is 5.69 Å². The highest BCUT2D eigenvalue weighted by Gasteiger charge is 2.33. The second-order valence-corrected chi connectivity index (χ2v) is 5.89. The molecule has 6 heteroatoms. The molecule has 1 aromatic rings. The van der Waals surface area contributed by atoms with Gasteiger partial charge in [-0.1, -0.05) is 25.7 Å². The number of carbonyl (C=O) groups is 1. The molecule has 1 aliphatic carbocycles. The van der Waals surface area contributed by atoms with Crippen molar-refractivity contribution < 1.29 is 18.0 Å². The summed E-state index contributed by atoms with van der Waals surface area (Å²) in [6.45, 7) is 1.45. The maximum atomic E-state index is 12.6. The topological polar surface area (TPSA) is 33.2 Å². The Labute approximate surface area is 128 Å². The zero-order valence-corrected chi connectivity index (χ0v) is 12.9. The standard InChI is InChI=1S/C16H21F3N2O/c1-11-13(9-10-14(20-11)16(17,18)19)15(22)21(2)12-7-5-3-4-6-8-12/h9-10,12H,3-8H2,1-2H3. The number of halogens is 3. The van der Waals surface area contributed by atoms with Gasteiger partial charge >= 0.3 is 6.18 Å². The summed E-state index contributed by atoms with van der Waals surface area (Å²) in [4.78, 5) is 17.8. The molecule has 0 aliphatic heterocycles. The maximum Gasteiger partial charge on any atom is 0.433 e. The van der Waals surface area contributed by atoms with Gasteiger partial charge in [0, 0.05) is 13.1 Å². The number of hydrogen-bond donors (Lipinski definition) is 0. The van der Waals surface area contributed by atoms with Gasteiger partial charge in [-0.2, -0.15) is 13.2 Å². The van der Waals surface area contributed by atoms with Crippen molar-refractivity contribution in [2.45, 2.75) is 57.7 Å². The number of aromatic nitrogens is 1. The first-order valence-electron chi connectivity index (χ1n) is 7.62. The minimum absolute atomic E-state index is 0.125. The van der Waals surface area contributed by atoms with Crippen LogP contribution in [0.15, 0.2) is 12.1 Å². The summed E-state index contributed by atoms with van der Waals surface area (Å²) in [6.07, 6.45) is 1.96. The summed E-state index contributed by atoms with van der Waals surface area (Å²) >= 11 is 0. The first kappa shape index (κ1) is 16.8. The minimum atomic E-state index is -4.49. The maximum absolute atomic E-state index is 12.6. The number of hydrogen-bond acceptors (Lipinski definition) is 2. The Hall–Kier alpha value is -1.59. The predicted molar refractivity (Wildman–Crippen MR) is 77.6 cm³/mol. The molecule has 3 nitrogen and oxygen atoms in total. The summed E-state index contributed by atoms with van der Waals surface area (Å²) in [7, 11) is 1.73. The van der Waals surface area contributed by atoms with E-state index < -0.39 is 11.9 Å². The number of alkyl halides is 3. The van der Waals surface area contributed by atoms with Crippen molar-refractivity contribution in [2.75, 3.05) is 7.05 Å². The fraction of sp³-hybridized carbons (Fsp3) is 0.625. The zero-order chi connectivity index (χ0) is 16.3. The molecule has 0 radical (unpaired) electrons. The molecule has 1 saturated carbocycles. The first-order chi connectivity index (χ1) is 10.3. The second kappa shape index (κ2) is 6.67. The third-order valence-corrected chi connectivity index (χ3v) is 4.30. The summed E-state index contributed by atoms with van der Waals surface area (Å²) < 4.78 is 37.9. The smallest absolute Gasteiger partial charge is 0.339 e. The average Bonchev–Trinajstić information content (AvgIpc) is 2.73. The van der Waals surface area contributed by atoms with Crippen LogP contribution >= 0.6 is 0 Å². The fourth-order valence-electron chi connectivity index (χ4n) is 2.95. The quantitative estimate of drug-likeness (QED) is 0.766. The molecule has 1 fully saturated rings. The van der Waals surface area contributed by atoms with E-state index in [2.05, 4.69) is 4.98 Å². The molecule has 0 atom stereocenters. The molecule has 2 rings (SSSR count). The summed E-state index contributed by atoms with van der Waals surface area (Å²) in [5, 5.41) is 0. The van der Waals surface area contributed by atoms with Crippen molar-refractivity contribution >= 4 is 5.91 Å². The van der Waals surface area contributed by atoms with E-state index in [1.807, 2.05) is 0 Å². The molecule has 1 aliphatic rings. The molecule has 0 saturated heterocycles. The van der Waals surface area contributed by atoms with Crippen LogP contribution in [0.4, 0.5) is 13.2 Å². The molecule has 0 bridgehead atoms. The van der Waals surface area contributed by atoms with Gasteiger partial charge in [0.25, 0.3) is 5.91 Å². The van der Waals surface area contributed by atoms with Crippen molar-refractivity contribution in [3.8, 4) is 0 Å². The zero-order valence-electron chi connectivity index (χ0n) is 12.9. The fourth-order valence-corrected chi connectivity index (χ4v) is 2.95. The van der Waals surface area contributed by atoms with Crippen molar-refractivity contribution in [3.05, 3.63) is 29.1 Å². The van der Waals surface area contributed by atoms with Crippen molar-refractivity contribution in [2.24, 2.45) is 0 Å². The molecular weight excluding hydrogens is 293 g/mol. The van der Waals surface area contributed by atoms with E-state index in [0.717, 1.165) is 31.7 Å². The third-order valence-electron chi connectivity index (χ3n) is 4.30. The van der Waals surface area contributed by atoms with Gasteiger partial charge in [0.05, 0.1) is 11.3 Å². The molecule has 0 spiro atoms. The highest BCUT2D eigenvalue weighted by atomic mass is 19.4. The Morgan fingerprint density at radius 3 is 2.27 bits per heavy atom. The van der Waals surface area contributed by atoms with E-state index in [1.165, 1.54) is 25.8 Å². The third kappa shape index (κ3) is 3.78. The van der Waals surface area contributed by atoms with Crippen molar-refractivity contribution in [1.29, 1.82) is 0 Å². The normalized spacial score (nSPS) is 17.1. The Morgan fingerprint density at radius 1 is 1.18 bits per heavy atom. The van der Waals surface area contributed by atoms with Gasteiger partial charge in [-0.05, 0) is 31.9 Å². The van der Waals surface area contributed by atoms with Crippen LogP contribution in [0.25, 0.3) is 0 Å². The van der Waals surface area contributed by atoms with Gasteiger partial charge < -0.3 is 4.90 Å². The van der Waals surface area contributed by atoms with E-state index in [0.29, 0.717) is 0 Å². The van der Waals surface area contributed by atoms with Crippen LogP contribution in [0.2, 0.25) is 0 Å². The van der Waals surface area contributed by atoms with Crippen LogP contribution in [0.3, 0.4) is 0 Å². The molecule has 1 amide bonds. The molecule has 122 valence electrons. The van der Waals surface area contributed by atoms with Crippen molar-refractivity contribution in [1.82, 2.24) is 9.88 Å². The van der Waals surface area contributed by atoms with Crippen LogP contribution in [0, 0.1) is 6.92 Å². The lowest BCUT2D eigenvalue weighted by Gasteiger charge is -2.27. The second-order valence-electron chi connectivity index (χ2n) is 5.89. The molecular formula is C16H21F3N2O. The van der Waals surface area contributed by atoms with Gasteiger partial charge in [0.2, 0.25) is 0 Å². The number of rotatable bonds is 2. The van der Waals surface area contributed by atoms with Crippen LogP contribution in [0.5, 0.6) is 0 Å². The number of aryl methyl sites for hydroxylation is 1. The molecule has 0 unspecified atom stereocenters. The Morgan fingerprint density at radius 2 is 1.77 bits per heavy atom. The van der Waals surface area contributed by atoms with Crippen LogP contribution in [-0.2, 0) is 6.18 Å². The van der Waals surface area contributed by atoms with Crippen LogP contribution < -0.4 is 0 Å². The molecule has 0 N–H and O–H groups in total. The SMILES string of the molecule is Cc1nc(C(F)(F)F)ccc1C(=O)N(C)C1CCCCCC1. The van der Waals surface area contributed by atoms with E-state index in [-0.39, 0.29) is 23.2 Å². The Balaban J connectivity index is 2.18. The Bertz CT molecular complexity index is 535. The monoisotopic (exact) mass is 314 g/mol. The highest BCUT2D eigenvalue weighted by molar-refractivity contribution is 5.95. The minimum Gasteiger partial charge on any atom is -0.339 e. The molecule has 1 heterocycles. The molecule has 1 aromatic heterocycles. The highest BCUT2D eigenvalue weighted by Crippen LogP contribution is 2.29. The average molecular weight is 314 g/mol. The van der Waals surface area contributed by atoms with Crippen LogP contribution in [0.1, 0.15) is 60.3 Å². The van der Waals surface area contributed by atoms with Gasteiger partial charge in [0.15, 0.2) is 0 Å². The van der Waals surface area contributed by atoms with Gasteiger partial charge in [-0.3, -0.25) is 4.79 Å². The van der Waals surface area contributed by atoms with E-state index >= 15 is 0 Å². The molecule has 22 heavy (non-hydrogen) atoms. The van der Waals surface area contributed by atoms with E-state index in [1.54, 1.807) is 11.9 Å². The van der Waals surface area contributed by atoms with Gasteiger partial charge in [-0.15, -0.1) is 0 Å². The summed E-state index contributed by atoms with van der Waals surface area (Å²) in [5.41, 5.74) is -0.585. The largest absolute Gasteiger partial charge is 0.433 e. The van der Waals surface area contributed by atoms with Gasteiger partial charge in [-0.25, -0.2) is 4.98 Å². The van der Waals surface area contributed by atoms with E-state index in [4.69, 9.17) is 0 Å². The first-order valence-corrected chi connectivity index (χ1v) is 7.62. The predicted octanol–water partition coefficient (Wildman–Crippen LogP) is 4.20. The van der Waals surface area contributed by atoms with E-state index in [9.17, 15) is 18.0 Å². The summed E-state index contributed by atoms with van der Waals surface area (Å²) in [6, 6.07) is 2.28. The number of carbonyl (C=O) groups excluding carboxylic acids is 1.